The second-order valence-electron chi connectivity index (χ2n) is 6.53. The van der Waals surface area contributed by atoms with Crippen LogP contribution in [-0.2, 0) is 6.61 Å². The molecule has 0 saturated carbocycles. The highest BCUT2D eigenvalue weighted by Gasteiger charge is 2.17. The molecule has 2 aromatic heterocycles. The molecule has 0 aliphatic heterocycles. The fourth-order valence-electron chi connectivity index (χ4n) is 2.82. The number of nitrogens with one attached hydrogen (secondary N) is 1. The van der Waals surface area contributed by atoms with Crippen LogP contribution in [0.3, 0.4) is 0 Å². The first-order valence-corrected chi connectivity index (χ1v) is 11.0. The molecule has 4 aromatic rings. The Hall–Kier alpha value is -2.68. The van der Waals surface area contributed by atoms with Gasteiger partial charge in [-0.05, 0) is 55.8 Å². The first-order chi connectivity index (χ1) is 14.4. The van der Waals surface area contributed by atoms with Gasteiger partial charge in [0, 0.05) is 5.02 Å². The van der Waals surface area contributed by atoms with Crippen molar-refractivity contribution in [3.05, 3.63) is 62.6 Å². The van der Waals surface area contributed by atoms with Crippen LogP contribution in [-0.4, -0.2) is 23.0 Å². The number of rotatable bonds is 6. The number of carbonyl (C=O) groups excluding carboxylic acids is 1. The smallest absolute Gasteiger partial charge is 0.269 e. The number of benzene rings is 2. The molecule has 6 nitrogen and oxygen atoms in total. The summed E-state index contributed by atoms with van der Waals surface area (Å²) in [7, 11) is 1.62. The first-order valence-electron chi connectivity index (χ1n) is 9.04. The number of anilines is 1. The largest absolute Gasteiger partial charge is 0.497 e. The van der Waals surface area contributed by atoms with Gasteiger partial charge < -0.3 is 9.47 Å². The molecule has 1 N–H and O–H groups in total. The zero-order valence-corrected chi connectivity index (χ0v) is 18.9. The van der Waals surface area contributed by atoms with Gasteiger partial charge in [-0.3, -0.25) is 10.1 Å². The van der Waals surface area contributed by atoms with Gasteiger partial charge in [0.2, 0.25) is 0 Å². The van der Waals surface area contributed by atoms with E-state index in [-0.39, 0.29) is 12.5 Å². The maximum absolute atomic E-state index is 12.8. The average Bonchev–Trinajstić information content (AvgIpc) is 3.30. The van der Waals surface area contributed by atoms with Crippen LogP contribution >= 0.6 is 34.3 Å². The summed E-state index contributed by atoms with van der Waals surface area (Å²) in [5.41, 5.74) is 2.41. The number of thiazole rings is 2. The monoisotopic (exact) mass is 459 g/mol. The van der Waals surface area contributed by atoms with Crippen LogP contribution < -0.4 is 14.8 Å². The number of hydrogen-bond donors (Lipinski definition) is 1. The number of methoxy groups -OCH3 is 1. The molecule has 0 saturated heterocycles. The van der Waals surface area contributed by atoms with Gasteiger partial charge >= 0.3 is 0 Å². The molecule has 0 unspecified atom stereocenters. The third-order valence-electron chi connectivity index (χ3n) is 4.35. The lowest BCUT2D eigenvalue weighted by molar-refractivity contribution is 0.103. The quantitative estimate of drug-likeness (QED) is 0.390. The van der Waals surface area contributed by atoms with Crippen molar-refractivity contribution in [1.82, 2.24) is 9.97 Å². The highest BCUT2D eigenvalue weighted by Crippen LogP contribution is 2.30. The SMILES string of the molecule is COc1ccc2nc(NC(=O)c3sc(COc4ccc(Cl)c(C)c4)nc3C)sc2c1. The Kier molecular flexibility index (Phi) is 5.90. The van der Waals surface area contributed by atoms with Crippen molar-refractivity contribution in [3.8, 4) is 11.5 Å². The molecule has 0 aliphatic carbocycles. The minimum Gasteiger partial charge on any atom is -0.497 e. The van der Waals surface area contributed by atoms with E-state index < -0.39 is 0 Å². The Morgan fingerprint density at radius 2 is 1.90 bits per heavy atom. The van der Waals surface area contributed by atoms with E-state index >= 15 is 0 Å². The molecule has 0 bridgehead atoms. The fraction of sp³-hybridized carbons (Fsp3) is 0.190. The summed E-state index contributed by atoms with van der Waals surface area (Å²) in [4.78, 5) is 22.2. The fourth-order valence-corrected chi connectivity index (χ4v) is 4.70. The Balaban J connectivity index is 1.45. The third-order valence-corrected chi connectivity index (χ3v) is 6.84. The molecule has 2 aromatic carbocycles. The number of fused-ring (bicyclic) bond motifs is 1. The van der Waals surface area contributed by atoms with E-state index in [1.807, 2.05) is 44.2 Å². The van der Waals surface area contributed by atoms with Gasteiger partial charge in [-0.1, -0.05) is 22.9 Å². The molecule has 0 spiro atoms. The summed E-state index contributed by atoms with van der Waals surface area (Å²) in [5, 5.41) is 4.82. The number of aryl methyl sites for hydroxylation is 2. The molecule has 0 radical (unpaired) electrons. The van der Waals surface area contributed by atoms with Crippen LogP contribution in [0.5, 0.6) is 11.5 Å². The van der Waals surface area contributed by atoms with Crippen molar-refractivity contribution in [3.63, 3.8) is 0 Å². The van der Waals surface area contributed by atoms with Gasteiger partial charge in [0.05, 0.1) is 23.0 Å². The van der Waals surface area contributed by atoms with Gasteiger partial charge in [-0.15, -0.1) is 11.3 Å². The number of carbonyl (C=O) groups is 1. The Morgan fingerprint density at radius 1 is 1.10 bits per heavy atom. The van der Waals surface area contributed by atoms with Gasteiger partial charge in [0.25, 0.3) is 5.91 Å². The van der Waals surface area contributed by atoms with Gasteiger partial charge in [-0.25, -0.2) is 9.97 Å². The molecule has 9 heteroatoms. The highest BCUT2D eigenvalue weighted by atomic mass is 35.5. The maximum atomic E-state index is 12.8. The van der Waals surface area contributed by atoms with E-state index in [9.17, 15) is 4.79 Å². The van der Waals surface area contributed by atoms with E-state index in [1.54, 1.807) is 13.2 Å². The summed E-state index contributed by atoms with van der Waals surface area (Å²) in [5.74, 6) is 1.23. The summed E-state index contributed by atoms with van der Waals surface area (Å²) < 4.78 is 12.0. The molecule has 0 atom stereocenters. The van der Waals surface area contributed by atoms with Crippen molar-refractivity contribution in [2.45, 2.75) is 20.5 Å². The number of amides is 1. The average molecular weight is 460 g/mol. The zero-order valence-electron chi connectivity index (χ0n) is 16.5. The number of ether oxygens (including phenoxy) is 2. The van der Waals surface area contributed by atoms with E-state index in [4.69, 9.17) is 21.1 Å². The van der Waals surface area contributed by atoms with E-state index in [2.05, 4.69) is 15.3 Å². The van der Waals surface area contributed by atoms with E-state index in [0.717, 1.165) is 26.5 Å². The van der Waals surface area contributed by atoms with E-state index in [1.165, 1.54) is 22.7 Å². The van der Waals surface area contributed by atoms with Crippen molar-refractivity contribution in [1.29, 1.82) is 0 Å². The van der Waals surface area contributed by atoms with Crippen LogP contribution in [0.25, 0.3) is 10.2 Å². The molecule has 0 fully saturated rings. The highest BCUT2D eigenvalue weighted by molar-refractivity contribution is 7.22. The van der Waals surface area contributed by atoms with Crippen molar-refractivity contribution >= 4 is 55.5 Å². The predicted molar refractivity (Wildman–Crippen MR) is 121 cm³/mol. The standard InChI is InChI=1S/C21H18ClN3O3S2/c1-11-8-14(4-6-15(11)22)28-10-18-23-12(2)19(30-18)20(26)25-21-24-16-7-5-13(27-3)9-17(16)29-21/h4-9H,10H2,1-3H3,(H,24,25,26). The minimum absolute atomic E-state index is 0.232. The molecule has 2 heterocycles. The number of halogens is 1. The number of nitrogens with zero attached hydrogens (tertiary/aromatic N) is 2. The second kappa shape index (κ2) is 8.59. The lowest BCUT2D eigenvalue weighted by Crippen LogP contribution is -2.11. The van der Waals surface area contributed by atoms with Crippen LogP contribution in [0.15, 0.2) is 36.4 Å². The number of aromatic nitrogens is 2. The Bertz CT molecular complexity index is 1240. The van der Waals surface area contributed by atoms with Crippen molar-refractivity contribution in [2.24, 2.45) is 0 Å². The summed E-state index contributed by atoms with van der Waals surface area (Å²) >= 11 is 8.75. The van der Waals surface area contributed by atoms with Crippen LogP contribution in [0, 0.1) is 13.8 Å². The van der Waals surface area contributed by atoms with Crippen molar-refractivity contribution < 1.29 is 14.3 Å². The van der Waals surface area contributed by atoms with Crippen LogP contribution in [0.1, 0.15) is 25.9 Å². The Labute approximate surface area is 186 Å². The topological polar surface area (TPSA) is 73.3 Å². The lowest BCUT2D eigenvalue weighted by Gasteiger charge is -2.05. The normalized spacial score (nSPS) is 10.9. The first kappa shape index (κ1) is 20.6. The van der Waals surface area contributed by atoms with Gasteiger partial charge in [0.15, 0.2) is 5.13 Å². The van der Waals surface area contributed by atoms with Crippen molar-refractivity contribution in [2.75, 3.05) is 12.4 Å². The maximum Gasteiger partial charge on any atom is 0.269 e. The second-order valence-corrected chi connectivity index (χ2v) is 9.05. The summed E-state index contributed by atoms with van der Waals surface area (Å²) in [6.45, 7) is 4.01. The molecule has 154 valence electrons. The van der Waals surface area contributed by atoms with E-state index in [0.29, 0.717) is 26.5 Å². The van der Waals surface area contributed by atoms with Crippen LogP contribution in [0.2, 0.25) is 5.02 Å². The van der Waals surface area contributed by atoms with Crippen LogP contribution in [0.4, 0.5) is 5.13 Å². The lowest BCUT2D eigenvalue weighted by atomic mass is 10.2. The predicted octanol–water partition coefficient (Wildman–Crippen LogP) is 5.86. The zero-order chi connectivity index (χ0) is 21.3. The molecular weight excluding hydrogens is 442 g/mol. The molecule has 0 aliphatic rings. The molecule has 30 heavy (non-hydrogen) atoms. The molecular formula is C21H18ClN3O3S2. The minimum atomic E-state index is -0.232. The van der Waals surface area contributed by atoms with Gasteiger partial charge in [-0.2, -0.15) is 0 Å². The summed E-state index contributed by atoms with van der Waals surface area (Å²) in [6.07, 6.45) is 0. The van der Waals surface area contributed by atoms with Gasteiger partial charge in [0.1, 0.15) is 28.0 Å². The Morgan fingerprint density at radius 3 is 2.67 bits per heavy atom. The molecule has 4 rings (SSSR count). The molecule has 1 amide bonds. The third kappa shape index (κ3) is 4.40. The number of hydrogen-bond acceptors (Lipinski definition) is 7. The summed E-state index contributed by atoms with van der Waals surface area (Å²) in [6, 6.07) is 11.1.